The van der Waals surface area contributed by atoms with Gasteiger partial charge in [-0.05, 0) is 47.9 Å². The Labute approximate surface area is 146 Å². The number of carbonyl (C=O) groups excluding carboxylic acids is 1. The fraction of sp³-hybridized carbons (Fsp3) is 0.211. The zero-order valence-electron chi connectivity index (χ0n) is 13.8. The summed E-state index contributed by atoms with van der Waals surface area (Å²) in [5.74, 6) is 0.795. The van der Waals surface area contributed by atoms with E-state index in [2.05, 4.69) is 0 Å². The van der Waals surface area contributed by atoms with E-state index < -0.39 is 5.97 Å². The number of benzene rings is 2. The van der Waals surface area contributed by atoms with Crippen molar-refractivity contribution < 1.29 is 19.0 Å². The Hall–Kier alpha value is -2.46. The van der Waals surface area contributed by atoms with Gasteiger partial charge >= 0.3 is 5.97 Å². The van der Waals surface area contributed by atoms with E-state index in [1.165, 1.54) is 6.08 Å². The summed E-state index contributed by atoms with van der Waals surface area (Å²) < 4.78 is 15.6. The molecule has 0 atom stereocenters. The van der Waals surface area contributed by atoms with E-state index in [-0.39, 0.29) is 0 Å². The third-order valence-corrected chi connectivity index (χ3v) is 3.65. The summed E-state index contributed by atoms with van der Waals surface area (Å²) in [6.07, 6.45) is 1.47. The number of ether oxygens (including phenoxy) is 3. The predicted octanol–water partition coefficient (Wildman–Crippen LogP) is 4.35. The number of carbonyl (C=O) groups is 1. The second kappa shape index (κ2) is 8.41. The lowest BCUT2D eigenvalue weighted by molar-refractivity contribution is -0.137. The predicted molar refractivity (Wildman–Crippen MR) is 94.7 cm³/mol. The van der Waals surface area contributed by atoms with Gasteiger partial charge in [0.2, 0.25) is 0 Å². The van der Waals surface area contributed by atoms with Crippen LogP contribution in [0.1, 0.15) is 18.1 Å². The average molecular weight is 347 g/mol. The highest BCUT2D eigenvalue weighted by molar-refractivity contribution is 6.30. The number of hydrogen-bond acceptors (Lipinski definition) is 4. The maximum Gasteiger partial charge on any atom is 0.331 e. The van der Waals surface area contributed by atoms with Gasteiger partial charge in [-0.15, -0.1) is 0 Å². The molecule has 0 unspecified atom stereocenters. The molecule has 126 valence electrons. The molecule has 0 aromatic heterocycles. The molecule has 0 bridgehead atoms. The fourth-order valence-corrected chi connectivity index (χ4v) is 2.39. The minimum absolute atomic E-state index is 0.315. The molecule has 2 aromatic rings. The third kappa shape index (κ3) is 4.30. The number of hydrogen-bond donors (Lipinski definition) is 0. The summed E-state index contributed by atoms with van der Waals surface area (Å²) in [6.45, 7) is 2.08. The Balaban J connectivity index is 2.53. The monoisotopic (exact) mass is 346 g/mol. The highest BCUT2D eigenvalue weighted by Crippen LogP contribution is 2.33. The molecule has 0 heterocycles. The smallest absolute Gasteiger partial charge is 0.331 e. The van der Waals surface area contributed by atoms with Crippen LogP contribution in [-0.2, 0) is 9.53 Å². The molecule has 0 saturated carbocycles. The molecule has 0 aliphatic rings. The van der Waals surface area contributed by atoms with Crippen molar-refractivity contribution in [2.75, 3.05) is 20.8 Å². The van der Waals surface area contributed by atoms with Crippen LogP contribution in [0, 0.1) is 0 Å². The molecule has 0 radical (unpaired) electrons. The van der Waals surface area contributed by atoms with Gasteiger partial charge in [-0.1, -0.05) is 29.8 Å². The summed E-state index contributed by atoms with van der Waals surface area (Å²) in [6, 6.07) is 12.7. The average Bonchev–Trinajstić information content (AvgIpc) is 2.60. The number of halogens is 1. The lowest BCUT2D eigenvalue weighted by Crippen LogP contribution is -2.02. The first kappa shape index (κ1) is 17.9. The van der Waals surface area contributed by atoms with E-state index in [4.69, 9.17) is 25.8 Å². The van der Waals surface area contributed by atoms with Crippen LogP contribution in [0.3, 0.4) is 0 Å². The van der Waals surface area contributed by atoms with Crippen molar-refractivity contribution in [1.82, 2.24) is 0 Å². The topological polar surface area (TPSA) is 44.8 Å². The second-order valence-electron chi connectivity index (χ2n) is 4.89. The van der Waals surface area contributed by atoms with Gasteiger partial charge in [-0.2, -0.15) is 0 Å². The lowest BCUT2D eigenvalue weighted by Gasteiger charge is -2.13. The van der Waals surface area contributed by atoms with Crippen LogP contribution in [0.2, 0.25) is 5.02 Å². The molecule has 0 spiro atoms. The van der Waals surface area contributed by atoms with Crippen LogP contribution in [0.15, 0.2) is 48.5 Å². The first-order valence-corrected chi connectivity index (χ1v) is 7.83. The fourth-order valence-electron chi connectivity index (χ4n) is 2.27. The van der Waals surface area contributed by atoms with Gasteiger partial charge < -0.3 is 14.2 Å². The lowest BCUT2D eigenvalue weighted by atomic mass is 9.97. The number of esters is 1. The third-order valence-electron chi connectivity index (χ3n) is 3.40. The van der Waals surface area contributed by atoms with Gasteiger partial charge in [-0.3, -0.25) is 0 Å². The van der Waals surface area contributed by atoms with Gasteiger partial charge in [0, 0.05) is 11.1 Å². The molecule has 0 aliphatic heterocycles. The number of methoxy groups -OCH3 is 2. The Morgan fingerprint density at radius 3 is 2.21 bits per heavy atom. The second-order valence-corrected chi connectivity index (χ2v) is 5.32. The number of rotatable bonds is 6. The Morgan fingerprint density at radius 1 is 1.00 bits per heavy atom. The maximum atomic E-state index is 12.0. The quantitative estimate of drug-likeness (QED) is 0.576. The first-order valence-electron chi connectivity index (χ1n) is 7.45. The molecular weight excluding hydrogens is 328 g/mol. The molecule has 2 rings (SSSR count). The molecule has 4 nitrogen and oxygen atoms in total. The van der Waals surface area contributed by atoms with Crippen LogP contribution in [0.5, 0.6) is 11.5 Å². The zero-order chi connectivity index (χ0) is 17.5. The van der Waals surface area contributed by atoms with E-state index in [1.807, 2.05) is 24.3 Å². The molecule has 0 N–H and O–H groups in total. The Kier molecular flexibility index (Phi) is 6.27. The van der Waals surface area contributed by atoms with Crippen LogP contribution in [0.4, 0.5) is 0 Å². The van der Waals surface area contributed by atoms with Crippen molar-refractivity contribution in [3.05, 3.63) is 64.7 Å². The Bertz CT molecular complexity index is 736. The van der Waals surface area contributed by atoms with Crippen molar-refractivity contribution in [2.24, 2.45) is 0 Å². The van der Waals surface area contributed by atoms with Crippen molar-refractivity contribution in [3.63, 3.8) is 0 Å². The van der Waals surface area contributed by atoms with E-state index in [0.29, 0.717) is 28.7 Å². The van der Waals surface area contributed by atoms with Crippen molar-refractivity contribution in [2.45, 2.75) is 6.92 Å². The maximum absolute atomic E-state index is 12.0. The highest BCUT2D eigenvalue weighted by Gasteiger charge is 2.12. The van der Waals surface area contributed by atoms with Crippen LogP contribution >= 0.6 is 11.6 Å². The first-order chi connectivity index (χ1) is 11.6. The summed E-state index contributed by atoms with van der Waals surface area (Å²) >= 11 is 5.96. The van der Waals surface area contributed by atoms with E-state index >= 15 is 0 Å². The normalized spacial score (nSPS) is 11.1. The standard InChI is InChI=1S/C19H19ClO4/c1-4-24-19(21)12-16(13-5-8-15(20)9-6-13)14-7-10-17(22-2)18(11-14)23-3/h5-12H,4H2,1-3H3. The van der Waals surface area contributed by atoms with E-state index in [1.54, 1.807) is 39.3 Å². The molecular formula is C19H19ClO4. The molecule has 5 heteroatoms. The van der Waals surface area contributed by atoms with Crippen molar-refractivity contribution in [3.8, 4) is 11.5 Å². The summed E-state index contributed by atoms with van der Waals surface area (Å²) in [5.41, 5.74) is 2.37. The molecule has 0 saturated heterocycles. The van der Waals surface area contributed by atoms with Gasteiger partial charge in [0.25, 0.3) is 0 Å². The zero-order valence-corrected chi connectivity index (χ0v) is 14.6. The summed E-state index contributed by atoms with van der Waals surface area (Å²) in [7, 11) is 3.14. The van der Waals surface area contributed by atoms with Gasteiger partial charge in [0.05, 0.1) is 20.8 Å². The van der Waals surface area contributed by atoms with Crippen LogP contribution < -0.4 is 9.47 Å². The molecule has 2 aromatic carbocycles. The van der Waals surface area contributed by atoms with Crippen molar-refractivity contribution >= 4 is 23.1 Å². The van der Waals surface area contributed by atoms with E-state index in [0.717, 1.165) is 11.1 Å². The van der Waals surface area contributed by atoms with Gasteiger partial charge in [-0.25, -0.2) is 4.79 Å². The molecule has 0 fully saturated rings. The van der Waals surface area contributed by atoms with Gasteiger partial charge in [0.1, 0.15) is 0 Å². The summed E-state index contributed by atoms with van der Waals surface area (Å²) in [4.78, 5) is 12.0. The highest BCUT2D eigenvalue weighted by atomic mass is 35.5. The molecule has 0 aliphatic carbocycles. The summed E-state index contributed by atoms with van der Waals surface area (Å²) in [5, 5.41) is 0.626. The largest absolute Gasteiger partial charge is 0.493 e. The molecule has 0 amide bonds. The van der Waals surface area contributed by atoms with Crippen LogP contribution in [-0.4, -0.2) is 26.8 Å². The SMILES string of the molecule is CCOC(=O)C=C(c1ccc(Cl)cc1)c1ccc(OC)c(OC)c1. The van der Waals surface area contributed by atoms with Crippen LogP contribution in [0.25, 0.3) is 5.57 Å². The Morgan fingerprint density at radius 2 is 1.62 bits per heavy atom. The molecule has 24 heavy (non-hydrogen) atoms. The van der Waals surface area contributed by atoms with E-state index in [9.17, 15) is 4.79 Å². The minimum atomic E-state index is -0.405. The van der Waals surface area contributed by atoms with Crippen molar-refractivity contribution in [1.29, 1.82) is 0 Å². The van der Waals surface area contributed by atoms with Gasteiger partial charge in [0.15, 0.2) is 11.5 Å². The minimum Gasteiger partial charge on any atom is -0.493 e.